The van der Waals surface area contributed by atoms with E-state index in [1.807, 2.05) is 6.92 Å². The summed E-state index contributed by atoms with van der Waals surface area (Å²) in [4.78, 5) is 10.7. The summed E-state index contributed by atoms with van der Waals surface area (Å²) < 4.78 is 11.8. The second-order valence-electron chi connectivity index (χ2n) is 2.72. The zero-order valence-electron chi connectivity index (χ0n) is 6.48. The van der Waals surface area contributed by atoms with Gasteiger partial charge in [-0.2, -0.15) is 0 Å². The molecule has 0 aliphatic carbocycles. The van der Waals surface area contributed by atoms with Crippen molar-refractivity contribution < 1.29 is 9.18 Å². The third-order valence-electron chi connectivity index (χ3n) is 2.02. The summed E-state index contributed by atoms with van der Waals surface area (Å²) in [6, 6.07) is 0. The molecular formula is C7H14FNO. The van der Waals surface area contributed by atoms with Crippen LogP contribution in [0.4, 0.5) is 4.39 Å². The van der Waals surface area contributed by atoms with E-state index in [2.05, 4.69) is 0 Å². The van der Waals surface area contributed by atoms with Crippen LogP contribution < -0.4 is 5.73 Å². The van der Waals surface area contributed by atoms with Crippen molar-refractivity contribution in [2.75, 3.05) is 6.67 Å². The minimum atomic E-state index is -0.644. The van der Waals surface area contributed by atoms with Crippen molar-refractivity contribution in [1.82, 2.24) is 0 Å². The maximum absolute atomic E-state index is 11.8. The van der Waals surface area contributed by atoms with E-state index in [0.717, 1.165) is 0 Å². The number of halogens is 1. The Kier molecular flexibility index (Phi) is 3.33. The van der Waals surface area contributed by atoms with Gasteiger partial charge in [0.05, 0.1) is 6.67 Å². The lowest BCUT2D eigenvalue weighted by molar-refractivity contribution is -0.127. The highest BCUT2D eigenvalue weighted by molar-refractivity contribution is 5.80. The van der Waals surface area contributed by atoms with E-state index in [-0.39, 0.29) is 6.42 Å². The molecule has 2 N–H and O–H groups in total. The number of carbonyl (C=O) groups excluding carboxylic acids is 1. The highest BCUT2D eigenvalue weighted by Crippen LogP contribution is 2.24. The maximum atomic E-state index is 11.8. The molecule has 3 heteroatoms. The van der Waals surface area contributed by atoms with E-state index in [4.69, 9.17) is 5.73 Å². The Morgan fingerprint density at radius 1 is 1.70 bits per heavy atom. The van der Waals surface area contributed by atoms with Gasteiger partial charge in [-0.05, 0) is 12.8 Å². The molecule has 0 spiro atoms. The number of carbonyl (C=O) groups is 1. The Morgan fingerprint density at radius 2 is 2.20 bits per heavy atom. The third-order valence-corrected chi connectivity index (χ3v) is 2.02. The molecule has 0 saturated carbocycles. The molecule has 0 radical (unpaired) electrons. The van der Waals surface area contributed by atoms with Gasteiger partial charge in [0.25, 0.3) is 0 Å². The SMILES string of the molecule is CCC(C)(CCF)C(N)=O. The summed E-state index contributed by atoms with van der Waals surface area (Å²) in [5.74, 6) is -0.410. The highest BCUT2D eigenvalue weighted by Gasteiger charge is 2.27. The molecule has 60 valence electrons. The first-order valence-electron chi connectivity index (χ1n) is 3.42. The monoisotopic (exact) mass is 147 g/mol. The van der Waals surface area contributed by atoms with E-state index in [1.165, 1.54) is 0 Å². The van der Waals surface area contributed by atoms with Crippen molar-refractivity contribution in [3.05, 3.63) is 0 Å². The smallest absolute Gasteiger partial charge is 0.223 e. The Labute approximate surface area is 60.6 Å². The number of amides is 1. The summed E-state index contributed by atoms with van der Waals surface area (Å²) >= 11 is 0. The first kappa shape index (κ1) is 9.40. The summed E-state index contributed by atoms with van der Waals surface area (Å²) in [7, 11) is 0. The van der Waals surface area contributed by atoms with Crippen molar-refractivity contribution >= 4 is 5.91 Å². The van der Waals surface area contributed by atoms with E-state index in [0.29, 0.717) is 6.42 Å². The molecule has 0 aromatic heterocycles. The van der Waals surface area contributed by atoms with Gasteiger partial charge >= 0.3 is 0 Å². The normalized spacial score (nSPS) is 16.3. The number of rotatable bonds is 4. The second-order valence-corrected chi connectivity index (χ2v) is 2.72. The van der Waals surface area contributed by atoms with Crippen molar-refractivity contribution in [2.24, 2.45) is 11.1 Å². The number of hydrogen-bond acceptors (Lipinski definition) is 1. The zero-order chi connectivity index (χ0) is 8.20. The molecule has 0 heterocycles. The van der Waals surface area contributed by atoms with Crippen molar-refractivity contribution in [3.8, 4) is 0 Å². The van der Waals surface area contributed by atoms with Gasteiger partial charge in [-0.3, -0.25) is 9.18 Å². The molecule has 0 saturated heterocycles. The standard InChI is InChI=1S/C7H14FNO/c1-3-7(2,4-5-8)6(9)10/h3-5H2,1-2H3,(H2,9,10). The van der Waals surface area contributed by atoms with Crippen LogP contribution in [-0.2, 0) is 4.79 Å². The summed E-state index contributed by atoms with van der Waals surface area (Å²) in [5, 5.41) is 0. The van der Waals surface area contributed by atoms with Crippen LogP contribution >= 0.6 is 0 Å². The van der Waals surface area contributed by atoms with Crippen LogP contribution in [0.15, 0.2) is 0 Å². The minimum absolute atomic E-state index is 0.235. The zero-order valence-corrected chi connectivity index (χ0v) is 6.48. The van der Waals surface area contributed by atoms with E-state index in [9.17, 15) is 9.18 Å². The van der Waals surface area contributed by atoms with Gasteiger partial charge in [-0.15, -0.1) is 0 Å². The van der Waals surface area contributed by atoms with Crippen LogP contribution in [0.2, 0.25) is 0 Å². The van der Waals surface area contributed by atoms with E-state index >= 15 is 0 Å². The number of nitrogens with two attached hydrogens (primary N) is 1. The third kappa shape index (κ3) is 1.97. The fraction of sp³-hybridized carbons (Fsp3) is 0.857. The van der Waals surface area contributed by atoms with Crippen LogP contribution in [0.3, 0.4) is 0 Å². The van der Waals surface area contributed by atoms with Gasteiger partial charge in [0.1, 0.15) is 0 Å². The summed E-state index contributed by atoms with van der Waals surface area (Å²) in [6.45, 7) is 3.04. The van der Waals surface area contributed by atoms with Gasteiger partial charge in [0, 0.05) is 5.41 Å². The van der Waals surface area contributed by atoms with Gasteiger partial charge in [0.15, 0.2) is 0 Å². The molecule has 10 heavy (non-hydrogen) atoms. The molecular weight excluding hydrogens is 133 g/mol. The predicted molar refractivity (Wildman–Crippen MR) is 38.2 cm³/mol. The Bertz CT molecular complexity index is 127. The van der Waals surface area contributed by atoms with Crippen LogP contribution in [0.1, 0.15) is 26.7 Å². The lowest BCUT2D eigenvalue weighted by Gasteiger charge is -2.21. The number of alkyl halides is 1. The number of primary amides is 1. The molecule has 0 aliphatic rings. The first-order valence-corrected chi connectivity index (χ1v) is 3.42. The summed E-state index contributed by atoms with van der Waals surface area (Å²) in [6.07, 6.45) is 0.838. The average Bonchev–Trinajstić information content (AvgIpc) is 1.88. The Morgan fingerprint density at radius 3 is 2.30 bits per heavy atom. The molecule has 0 aromatic carbocycles. The maximum Gasteiger partial charge on any atom is 0.223 e. The number of hydrogen-bond donors (Lipinski definition) is 1. The topological polar surface area (TPSA) is 43.1 Å². The average molecular weight is 147 g/mol. The van der Waals surface area contributed by atoms with Gasteiger partial charge in [0.2, 0.25) is 5.91 Å². The van der Waals surface area contributed by atoms with Crippen LogP contribution in [0.25, 0.3) is 0 Å². The second kappa shape index (κ2) is 3.54. The lowest BCUT2D eigenvalue weighted by Crippen LogP contribution is -2.34. The molecule has 0 fully saturated rings. The van der Waals surface area contributed by atoms with Gasteiger partial charge in [-0.25, -0.2) is 0 Å². The molecule has 1 unspecified atom stereocenters. The quantitative estimate of drug-likeness (QED) is 0.638. The van der Waals surface area contributed by atoms with Gasteiger partial charge in [-0.1, -0.05) is 13.8 Å². The highest BCUT2D eigenvalue weighted by atomic mass is 19.1. The fourth-order valence-electron chi connectivity index (χ4n) is 0.683. The Balaban J connectivity index is 4.08. The van der Waals surface area contributed by atoms with Crippen molar-refractivity contribution in [3.63, 3.8) is 0 Å². The molecule has 0 aliphatic heterocycles. The van der Waals surface area contributed by atoms with E-state index < -0.39 is 18.0 Å². The van der Waals surface area contributed by atoms with Crippen molar-refractivity contribution in [1.29, 1.82) is 0 Å². The first-order chi connectivity index (χ1) is 4.56. The predicted octanol–water partition coefficient (Wildman–Crippen LogP) is 1.25. The molecule has 0 aromatic rings. The molecule has 0 rings (SSSR count). The van der Waals surface area contributed by atoms with Crippen LogP contribution in [-0.4, -0.2) is 12.6 Å². The van der Waals surface area contributed by atoms with E-state index in [1.54, 1.807) is 6.92 Å². The molecule has 0 bridgehead atoms. The van der Waals surface area contributed by atoms with Crippen LogP contribution in [0, 0.1) is 5.41 Å². The molecule has 1 amide bonds. The summed E-state index contributed by atoms with van der Waals surface area (Å²) in [5.41, 5.74) is 4.42. The molecule has 1 atom stereocenters. The Hall–Kier alpha value is -0.600. The lowest BCUT2D eigenvalue weighted by atomic mass is 9.84. The largest absolute Gasteiger partial charge is 0.369 e. The van der Waals surface area contributed by atoms with Gasteiger partial charge < -0.3 is 5.73 Å². The fourth-order valence-corrected chi connectivity index (χ4v) is 0.683. The van der Waals surface area contributed by atoms with Crippen molar-refractivity contribution in [2.45, 2.75) is 26.7 Å². The molecule has 2 nitrogen and oxygen atoms in total. The van der Waals surface area contributed by atoms with Crippen LogP contribution in [0.5, 0.6) is 0 Å². The minimum Gasteiger partial charge on any atom is -0.369 e.